The number of alkyl halides is 6. The van der Waals surface area contributed by atoms with Gasteiger partial charge in [-0.05, 0) is 12.1 Å². The number of anilines is 2. The number of rotatable bonds is 2. The van der Waals surface area contributed by atoms with Crippen molar-refractivity contribution in [3.05, 3.63) is 24.3 Å². The number of halogens is 6. The summed E-state index contributed by atoms with van der Waals surface area (Å²) in [4.78, 5) is 23.1. The van der Waals surface area contributed by atoms with Crippen LogP contribution in [0.25, 0.3) is 0 Å². The Morgan fingerprint density at radius 1 is 0.750 bits per heavy atom. The van der Waals surface area contributed by atoms with Gasteiger partial charge in [0.1, 0.15) is 0 Å². The summed E-state index contributed by atoms with van der Waals surface area (Å²) in [6, 6.07) is 6.14. The third kappa shape index (κ3) is 5.35. The highest BCUT2D eigenvalue weighted by Gasteiger charge is 2.33. The van der Waals surface area contributed by atoms with E-state index < -0.39 is 19.4 Å². The Kier molecular flexibility index (Phi) is 6.08. The SMILES string of the molecule is O=C(Nc1ccccc1NC(=O)C(Cl)(Cl)Cl)C(Cl)(Cl)Cl. The average Bonchev–Trinajstić information content (AvgIpc) is 2.29. The Balaban J connectivity index is 2.95. The molecule has 1 rings (SSSR count). The fraction of sp³-hybridized carbons (Fsp3) is 0.200. The molecule has 110 valence electrons. The minimum atomic E-state index is -2.15. The second-order valence-corrected chi connectivity index (χ2v) is 8.01. The standard InChI is InChI=1S/C10H6Cl6N2O2/c11-9(12,13)7(19)17-5-3-1-2-4-6(5)18-8(20)10(14,15)16/h1-4H,(H,17,19)(H,18,20). The summed E-state index contributed by atoms with van der Waals surface area (Å²) in [7, 11) is 0. The quantitative estimate of drug-likeness (QED) is 0.729. The molecule has 0 atom stereocenters. The molecule has 1 aromatic carbocycles. The number of nitrogens with one attached hydrogen (secondary N) is 2. The summed E-state index contributed by atoms with van der Waals surface area (Å²) >= 11 is 32.6. The Hall–Kier alpha value is -0.100. The molecule has 0 bridgehead atoms. The molecule has 0 aliphatic carbocycles. The van der Waals surface area contributed by atoms with E-state index in [-0.39, 0.29) is 11.4 Å². The maximum absolute atomic E-state index is 11.6. The molecule has 0 heterocycles. The van der Waals surface area contributed by atoms with Gasteiger partial charge in [0.25, 0.3) is 19.4 Å². The summed E-state index contributed by atoms with van der Waals surface area (Å²) in [5, 5.41) is 4.66. The summed E-state index contributed by atoms with van der Waals surface area (Å²) < 4.78 is -4.29. The van der Waals surface area contributed by atoms with Gasteiger partial charge in [0.15, 0.2) is 0 Å². The first-order chi connectivity index (χ1) is 9.01. The zero-order valence-corrected chi connectivity index (χ0v) is 13.9. The maximum atomic E-state index is 11.6. The summed E-state index contributed by atoms with van der Waals surface area (Å²) in [6.07, 6.45) is 0. The lowest BCUT2D eigenvalue weighted by molar-refractivity contribution is -0.116. The van der Waals surface area contributed by atoms with Crippen molar-refractivity contribution in [1.82, 2.24) is 0 Å². The van der Waals surface area contributed by atoms with Gasteiger partial charge in [-0.15, -0.1) is 0 Å². The van der Waals surface area contributed by atoms with Crippen molar-refractivity contribution in [1.29, 1.82) is 0 Å². The van der Waals surface area contributed by atoms with E-state index in [0.717, 1.165) is 0 Å². The molecular weight excluding hydrogens is 393 g/mol. The van der Waals surface area contributed by atoms with Crippen molar-refractivity contribution in [3.8, 4) is 0 Å². The first-order valence-electron chi connectivity index (χ1n) is 4.87. The number of carbonyl (C=O) groups excluding carboxylic acids is 2. The second kappa shape index (κ2) is 6.77. The molecule has 1 aromatic rings. The lowest BCUT2D eigenvalue weighted by Gasteiger charge is -2.16. The van der Waals surface area contributed by atoms with Crippen molar-refractivity contribution >= 4 is 92.8 Å². The fourth-order valence-electron chi connectivity index (χ4n) is 1.09. The molecule has 0 aliphatic heterocycles. The van der Waals surface area contributed by atoms with Crippen molar-refractivity contribution in [2.24, 2.45) is 0 Å². The normalized spacial score (nSPS) is 11.9. The van der Waals surface area contributed by atoms with Crippen LogP contribution in [0.3, 0.4) is 0 Å². The first kappa shape index (κ1) is 18.0. The molecule has 0 saturated heterocycles. The zero-order chi connectivity index (χ0) is 15.6. The maximum Gasteiger partial charge on any atom is 0.276 e. The summed E-state index contributed by atoms with van der Waals surface area (Å²) in [6.45, 7) is 0. The lowest BCUT2D eigenvalue weighted by atomic mass is 10.2. The predicted octanol–water partition coefficient (Wildman–Crippen LogP) is 4.30. The molecule has 0 spiro atoms. The van der Waals surface area contributed by atoms with Crippen LogP contribution in [0.4, 0.5) is 11.4 Å². The van der Waals surface area contributed by atoms with Crippen LogP contribution in [-0.2, 0) is 9.59 Å². The zero-order valence-electron chi connectivity index (χ0n) is 9.39. The Bertz CT molecular complexity index is 476. The number of para-hydroxylation sites is 2. The minimum Gasteiger partial charge on any atom is -0.321 e. The average molecular weight is 399 g/mol. The largest absolute Gasteiger partial charge is 0.321 e. The number of carbonyl (C=O) groups is 2. The molecular formula is C10H6Cl6N2O2. The molecule has 2 N–H and O–H groups in total. The minimum absolute atomic E-state index is 0.187. The first-order valence-corrected chi connectivity index (χ1v) is 7.14. The van der Waals surface area contributed by atoms with Gasteiger partial charge in [0.05, 0.1) is 11.4 Å². The van der Waals surface area contributed by atoms with Crippen LogP contribution < -0.4 is 10.6 Å². The molecule has 0 radical (unpaired) electrons. The van der Waals surface area contributed by atoms with Gasteiger partial charge in [-0.1, -0.05) is 81.7 Å². The molecule has 0 fully saturated rings. The van der Waals surface area contributed by atoms with Gasteiger partial charge in [-0.2, -0.15) is 0 Å². The van der Waals surface area contributed by atoms with Crippen LogP contribution in [0.2, 0.25) is 0 Å². The third-order valence-corrected chi connectivity index (χ3v) is 2.97. The van der Waals surface area contributed by atoms with Crippen molar-refractivity contribution < 1.29 is 9.59 Å². The smallest absolute Gasteiger partial charge is 0.276 e. The van der Waals surface area contributed by atoms with E-state index in [9.17, 15) is 9.59 Å². The Labute approximate surface area is 144 Å². The van der Waals surface area contributed by atoms with Gasteiger partial charge in [-0.25, -0.2) is 0 Å². The van der Waals surface area contributed by atoms with Crippen LogP contribution in [0.5, 0.6) is 0 Å². The molecule has 10 heteroatoms. The predicted molar refractivity (Wildman–Crippen MR) is 84.3 cm³/mol. The number of amides is 2. The van der Waals surface area contributed by atoms with Crippen LogP contribution in [0.1, 0.15) is 0 Å². The van der Waals surface area contributed by atoms with E-state index in [4.69, 9.17) is 69.6 Å². The van der Waals surface area contributed by atoms with Crippen LogP contribution in [0.15, 0.2) is 24.3 Å². The highest BCUT2D eigenvalue weighted by Crippen LogP contribution is 2.32. The van der Waals surface area contributed by atoms with E-state index in [1.54, 1.807) is 12.1 Å². The van der Waals surface area contributed by atoms with Crippen LogP contribution >= 0.6 is 69.6 Å². The molecule has 4 nitrogen and oxygen atoms in total. The molecule has 0 unspecified atom stereocenters. The molecule has 0 saturated carbocycles. The fourth-order valence-corrected chi connectivity index (χ4v) is 1.37. The third-order valence-electron chi connectivity index (χ3n) is 1.94. The number of hydrogen-bond acceptors (Lipinski definition) is 2. The lowest BCUT2D eigenvalue weighted by Crippen LogP contribution is -2.29. The van der Waals surface area contributed by atoms with Gasteiger partial charge >= 0.3 is 0 Å². The second-order valence-electron chi connectivity index (χ2n) is 3.45. The molecule has 0 aliphatic rings. The van der Waals surface area contributed by atoms with E-state index in [0.29, 0.717) is 0 Å². The Morgan fingerprint density at radius 3 is 1.30 bits per heavy atom. The van der Waals surface area contributed by atoms with Crippen molar-refractivity contribution in [3.63, 3.8) is 0 Å². The Morgan fingerprint density at radius 2 is 1.05 bits per heavy atom. The summed E-state index contributed by atoms with van der Waals surface area (Å²) in [5.74, 6) is -1.78. The molecule has 20 heavy (non-hydrogen) atoms. The molecule has 2 amide bonds. The van der Waals surface area contributed by atoms with E-state index >= 15 is 0 Å². The highest BCUT2D eigenvalue weighted by molar-refractivity contribution is 6.77. The van der Waals surface area contributed by atoms with Crippen LogP contribution in [0, 0.1) is 0 Å². The monoisotopic (exact) mass is 396 g/mol. The van der Waals surface area contributed by atoms with Gasteiger partial charge in [-0.3, -0.25) is 9.59 Å². The van der Waals surface area contributed by atoms with Gasteiger partial charge in [0.2, 0.25) is 0 Å². The number of hydrogen-bond donors (Lipinski definition) is 2. The topological polar surface area (TPSA) is 58.2 Å². The van der Waals surface area contributed by atoms with E-state index in [1.165, 1.54) is 12.1 Å². The van der Waals surface area contributed by atoms with Crippen molar-refractivity contribution in [2.45, 2.75) is 7.59 Å². The van der Waals surface area contributed by atoms with Crippen molar-refractivity contribution in [2.75, 3.05) is 10.6 Å². The molecule has 0 aromatic heterocycles. The van der Waals surface area contributed by atoms with E-state index in [1.807, 2.05) is 0 Å². The van der Waals surface area contributed by atoms with Gasteiger partial charge in [0, 0.05) is 0 Å². The highest BCUT2D eigenvalue weighted by atomic mass is 35.6. The number of benzene rings is 1. The summed E-state index contributed by atoms with van der Waals surface area (Å²) in [5.41, 5.74) is 0.373. The van der Waals surface area contributed by atoms with Gasteiger partial charge < -0.3 is 10.6 Å². The van der Waals surface area contributed by atoms with Crippen LogP contribution in [-0.4, -0.2) is 19.4 Å². The van der Waals surface area contributed by atoms with E-state index in [2.05, 4.69) is 10.6 Å².